The van der Waals surface area contributed by atoms with Crippen LogP contribution in [-0.2, 0) is 180 Å². The van der Waals surface area contributed by atoms with E-state index in [1.807, 2.05) is 0 Å². The van der Waals surface area contributed by atoms with Crippen molar-refractivity contribution in [3.8, 4) is 11.5 Å². The van der Waals surface area contributed by atoms with Gasteiger partial charge in [-0.05, 0) is 77.7 Å². The summed E-state index contributed by atoms with van der Waals surface area (Å²) in [5, 5.41) is 2.77. The van der Waals surface area contributed by atoms with E-state index in [0.717, 1.165) is 19.1 Å². The van der Waals surface area contributed by atoms with Crippen molar-refractivity contribution in [2.45, 2.75) is 181 Å². The summed E-state index contributed by atoms with van der Waals surface area (Å²) in [6.45, 7) is -6.29. The minimum atomic E-state index is -6.45. The van der Waals surface area contributed by atoms with Gasteiger partial charge in [0.25, 0.3) is 0 Å². The van der Waals surface area contributed by atoms with Gasteiger partial charge in [0.2, 0.25) is 6.29 Å². The van der Waals surface area contributed by atoms with Gasteiger partial charge in [-0.15, -0.1) is 0 Å². The first-order valence-electron chi connectivity index (χ1n) is 39.5. The highest BCUT2D eigenvalue weighted by molar-refractivity contribution is 7.81. The predicted octanol–water partition coefficient (Wildman–Crippen LogP) is 5.63. The summed E-state index contributed by atoms with van der Waals surface area (Å²) in [7, 11) is -23.2. The molecule has 7 aromatic rings. The number of hydrogen-bond donors (Lipinski definition) is 6. The molecule has 0 aromatic heterocycles. The van der Waals surface area contributed by atoms with Crippen LogP contribution < -0.4 is 20.1 Å². The quantitative estimate of drug-likeness (QED) is 0.0117. The average molecular weight is 1980 g/mol. The number of benzene rings is 7. The van der Waals surface area contributed by atoms with E-state index >= 15 is 40.7 Å². The van der Waals surface area contributed by atoms with Crippen LogP contribution in [0.3, 0.4) is 0 Å². The lowest BCUT2D eigenvalue weighted by Gasteiger charge is -2.51. The maximum atomic E-state index is 15.8. The molecule has 0 aliphatic carbocycles. The second kappa shape index (κ2) is 45.9. The van der Waals surface area contributed by atoms with Gasteiger partial charge < -0.3 is 91.2 Å². The van der Waals surface area contributed by atoms with E-state index in [1.54, 1.807) is 12.1 Å². The maximum absolute atomic E-state index is 15.8. The topological polar surface area (TPSA) is 563 Å². The fraction of sp³-hybridized carbons (Fsp3) is 0.390. The normalized spacial score (nSPS) is 25.7. The van der Waals surface area contributed by atoms with Gasteiger partial charge in [0.1, 0.15) is 97.5 Å². The van der Waals surface area contributed by atoms with Gasteiger partial charge >= 0.3 is 95.6 Å². The molecule has 42 nitrogen and oxygen atoms in total. The zero-order valence-electron chi connectivity index (χ0n) is 69.2. The van der Waals surface area contributed by atoms with Crippen LogP contribution in [0.15, 0.2) is 206 Å². The fourth-order valence-electron chi connectivity index (χ4n) is 13.8. The molecule has 4 aliphatic rings. The Morgan fingerprint density at radius 2 is 0.716 bits per heavy atom. The van der Waals surface area contributed by atoms with Crippen LogP contribution >= 0.6 is 0 Å². The van der Waals surface area contributed by atoms with Crippen molar-refractivity contribution in [3.63, 3.8) is 0 Å². The van der Waals surface area contributed by atoms with Crippen LogP contribution in [0.1, 0.15) is 62.7 Å². The van der Waals surface area contributed by atoms with Crippen LogP contribution in [0.5, 0.6) is 11.5 Å². The number of amides is 2. The molecule has 0 bridgehead atoms. The number of carbonyl (C=O) groups is 8. The number of alkyl halides is 6. The maximum Gasteiger partial charge on any atom is 0.471 e. The number of halogens is 6. The van der Waals surface area contributed by atoms with Crippen molar-refractivity contribution >= 4 is 89.0 Å². The highest BCUT2D eigenvalue weighted by Gasteiger charge is 2.64. The monoisotopic (exact) mass is 1980 g/mol. The number of Topliss-reactive ketones (excluding diaryl/α,β-unsaturated/α-hetero) is 1. The molecule has 726 valence electrons. The van der Waals surface area contributed by atoms with Crippen molar-refractivity contribution < 1.29 is 209 Å². The summed E-state index contributed by atoms with van der Waals surface area (Å²) in [5.41, 5.74) is -0.299. The average Bonchev–Trinajstić information content (AvgIpc) is 0.744. The number of nitrogens with one attached hydrogen (secondary N) is 2. The molecule has 2 amide bonds. The fourth-order valence-corrected chi connectivity index (χ4v) is 15.4. The molecule has 4 saturated heterocycles. The van der Waals surface area contributed by atoms with E-state index in [-0.39, 0.29) is 39.3 Å². The summed E-state index contributed by atoms with van der Waals surface area (Å²) in [5.74, 6) is -15.2. The molecule has 0 saturated carbocycles. The third-order valence-electron chi connectivity index (χ3n) is 19.7. The van der Waals surface area contributed by atoms with Gasteiger partial charge in [-0.2, -0.15) is 60.0 Å². The van der Waals surface area contributed by atoms with Crippen LogP contribution in [0.2, 0.25) is 0 Å². The van der Waals surface area contributed by atoms with Crippen molar-refractivity contribution in [3.05, 3.63) is 240 Å². The Hall–Kier alpha value is -11.2. The van der Waals surface area contributed by atoms with Gasteiger partial charge in [0.05, 0.1) is 51.1 Å². The lowest BCUT2D eigenvalue weighted by atomic mass is 9.93. The Balaban J connectivity index is 1.17. The molecule has 52 heteroatoms. The zero-order valence-corrected chi connectivity index (χ0v) is 72.5. The summed E-state index contributed by atoms with van der Waals surface area (Å²) in [4.78, 5) is 116. The van der Waals surface area contributed by atoms with Gasteiger partial charge in [0.15, 0.2) is 49.4 Å². The molecule has 0 unspecified atom stereocenters. The molecule has 0 spiro atoms. The summed E-state index contributed by atoms with van der Waals surface area (Å²) < 4.78 is 356. The first kappa shape index (κ1) is 103. The van der Waals surface area contributed by atoms with Crippen LogP contribution in [0, 0.1) is 0 Å². The molecular weight excluding hydrogens is 1900 g/mol. The van der Waals surface area contributed by atoms with Crippen LogP contribution in [0.4, 0.5) is 26.3 Å². The van der Waals surface area contributed by atoms with Crippen molar-refractivity contribution in [2.75, 3.05) is 20.3 Å². The highest BCUT2D eigenvalue weighted by Crippen LogP contribution is 2.42. The molecular formula is C82H82F6N2O40S4. The molecule has 4 fully saturated rings. The number of carbonyl (C=O) groups excluding carboxylic acids is 8. The lowest BCUT2D eigenvalue weighted by molar-refractivity contribution is -0.370. The standard InChI is InChI=1S/C82H82F6N2O40S4/c1-45(91)33-38-56(92)121-61-57(89-79(97)81(83,84)85)75(119-54(43-116-131(99,100)101)59(61)129-133(105,106)107)125-66-64(113-40-47-23-11-4-12-24-47)70(123-72(94)51-31-19-8-20-32-51)78(128-68(66)74(96)115-42-49-27-15-6-16-28-49)124-62-58(90-80(98)82(86,87)88)76(120-55(44-117-132(102,103)104)60(62)130-134(108,109)110)126-65-63(112-39-46-21-9-3-10-22-46)69(122-71(93)50-29-17-7-18-30-50)77(118-53-36-34-52(111-2)35-37-53)127-67(65)73(95)114-41-48-25-13-5-14-26-48/h3-32,34-37,54-55,57-70,75-78H,33,38-44H2,1-2H3,(H,89,97)(H,90,98)(H,99,100,101)(H,102,103,104)(H,105,106,107)(H,108,109,110)/t54-,55-,57-,58-,59-,60-,61-,62-,63+,64+,65+,66+,67+,68+,69-,70-,75+,76+,77-,78-/m1/s1. The third kappa shape index (κ3) is 30.1. The summed E-state index contributed by atoms with van der Waals surface area (Å²) in [6, 6.07) is 40.1. The molecule has 6 N–H and O–H groups in total. The van der Waals surface area contributed by atoms with Crippen molar-refractivity contribution in [1.82, 2.24) is 10.6 Å². The van der Waals surface area contributed by atoms with Crippen molar-refractivity contribution in [2.24, 2.45) is 0 Å². The summed E-state index contributed by atoms with van der Waals surface area (Å²) in [6.07, 6.45) is -66.4. The number of hydrogen-bond acceptors (Lipinski definition) is 36. The largest absolute Gasteiger partial charge is 0.497 e. The first-order chi connectivity index (χ1) is 63.3. The number of ketones is 1. The van der Waals surface area contributed by atoms with E-state index < -0.39 is 282 Å². The zero-order chi connectivity index (χ0) is 97.0. The molecule has 7 aromatic carbocycles. The third-order valence-corrected chi connectivity index (χ3v) is 21.5. The Morgan fingerprint density at radius 1 is 0.373 bits per heavy atom. The minimum Gasteiger partial charge on any atom is -0.497 e. The second-order valence-electron chi connectivity index (χ2n) is 29.3. The van der Waals surface area contributed by atoms with Crippen LogP contribution in [0.25, 0.3) is 0 Å². The summed E-state index contributed by atoms with van der Waals surface area (Å²) >= 11 is 0. The van der Waals surface area contributed by atoms with E-state index in [9.17, 15) is 75.9 Å². The highest BCUT2D eigenvalue weighted by atomic mass is 32.3. The Kier molecular flexibility index (Phi) is 35.4. The molecule has 4 heterocycles. The van der Waals surface area contributed by atoms with Gasteiger partial charge in [-0.1, -0.05) is 158 Å². The Morgan fingerprint density at radius 3 is 1.08 bits per heavy atom. The Bertz CT molecular complexity index is 5630. The van der Waals surface area contributed by atoms with Crippen molar-refractivity contribution in [1.29, 1.82) is 0 Å². The number of rotatable bonds is 41. The predicted molar refractivity (Wildman–Crippen MR) is 430 cm³/mol. The van der Waals surface area contributed by atoms with Crippen LogP contribution in [-0.4, -0.2) is 255 Å². The van der Waals surface area contributed by atoms with E-state index in [1.165, 1.54) is 200 Å². The van der Waals surface area contributed by atoms with Gasteiger partial charge in [0, 0.05) is 6.42 Å². The number of methoxy groups -OCH3 is 1. The smallest absolute Gasteiger partial charge is 0.471 e. The SMILES string of the molecule is COc1ccc(O[C@@H]2O[C@H](C(=O)OCc3ccccc3)[C@@H](O[C@@H]3O[C@H](COS(=O)(=O)O)[C@@H](OS(=O)(=O)O)[C@H](O[C@@H]4O[C@H](C(=O)OCc5ccccc5)[C@@H](O[C@@H]5O[C@H](COS(=O)(=O)O)[C@@H](OS(=O)(=O)O)[C@H](OC(=O)CCC(C)=O)[C@H]5NC(=O)C(F)(F)F)[C@H](OCc5ccccc5)[C@H]4OC(=O)c4ccccc4)[C@H]3NC(=O)C(F)(F)F)[C@H](OCc3ccccc3)[C@H]2OC(=O)c2ccccc2)cc1. The lowest BCUT2D eigenvalue weighted by Crippen LogP contribution is -2.72. The molecule has 4 aliphatic heterocycles. The van der Waals surface area contributed by atoms with Gasteiger partial charge in [-0.3, -0.25) is 32.6 Å². The van der Waals surface area contributed by atoms with E-state index in [0.29, 0.717) is 0 Å². The first-order valence-corrected chi connectivity index (χ1v) is 44.9. The minimum absolute atomic E-state index is 0.0146. The number of ether oxygens (including phenoxy) is 16. The van der Waals surface area contributed by atoms with E-state index in [2.05, 4.69) is 4.18 Å². The number of esters is 5. The molecule has 0 radical (unpaired) electrons. The molecule has 134 heavy (non-hydrogen) atoms. The molecule has 20 atom stereocenters. The van der Waals surface area contributed by atoms with Gasteiger partial charge in [-0.25, -0.2) is 35.9 Å². The van der Waals surface area contributed by atoms with E-state index in [4.69, 9.17) is 88.3 Å². The molecule has 11 rings (SSSR count). The Labute approximate surface area is 757 Å². The second-order valence-corrected chi connectivity index (χ2v) is 33.5.